The van der Waals surface area contributed by atoms with Crippen molar-refractivity contribution in [2.75, 3.05) is 0 Å². The molecule has 0 aliphatic rings. The Kier molecular flexibility index (Phi) is 5.00. The third-order valence-electron chi connectivity index (χ3n) is 7.09. The van der Waals surface area contributed by atoms with E-state index in [0.717, 1.165) is 4.47 Å². The summed E-state index contributed by atoms with van der Waals surface area (Å²) in [4.78, 5) is 0. The molecule has 0 N–H and O–H groups in total. The first-order chi connectivity index (χ1) is 17.8. The molecular weight excluding hydrogens is 502 g/mol. The second-order valence-electron chi connectivity index (χ2n) is 9.14. The lowest BCUT2D eigenvalue weighted by atomic mass is 9.96. The monoisotopic (exact) mass is 523 g/mol. The number of benzene rings is 6. The van der Waals surface area contributed by atoms with Crippen LogP contribution in [0, 0.1) is 0 Å². The van der Waals surface area contributed by atoms with Gasteiger partial charge in [0.25, 0.3) is 0 Å². The SMILES string of the molecule is Brc1cccc2cccc(-c3ccc(-c4ccc(-n5c6ccccc6c6ccccc65)cc4)cc3)c12. The first-order valence-electron chi connectivity index (χ1n) is 12.1. The molecule has 0 radical (unpaired) electrons. The van der Waals surface area contributed by atoms with Crippen LogP contribution in [0.15, 0.2) is 138 Å². The Morgan fingerprint density at radius 1 is 0.444 bits per heavy atom. The van der Waals surface area contributed by atoms with Gasteiger partial charge in [0.05, 0.1) is 11.0 Å². The minimum atomic E-state index is 1.13. The summed E-state index contributed by atoms with van der Waals surface area (Å²) in [6, 6.07) is 47.9. The number of hydrogen-bond donors (Lipinski definition) is 0. The standard InChI is InChI=1S/C34H22BrN/c35-31-12-6-8-26-7-5-11-28(34(26)31)25-17-15-23(16-18-25)24-19-21-27(22-20-24)36-32-13-3-1-9-29(32)30-10-2-4-14-33(30)36/h1-22H. The second kappa shape index (κ2) is 8.51. The zero-order valence-electron chi connectivity index (χ0n) is 19.5. The van der Waals surface area contributed by atoms with Crippen molar-refractivity contribution in [3.05, 3.63) is 138 Å². The van der Waals surface area contributed by atoms with Crippen molar-refractivity contribution in [2.24, 2.45) is 0 Å². The summed E-state index contributed by atoms with van der Waals surface area (Å²) in [6.45, 7) is 0. The lowest BCUT2D eigenvalue weighted by Gasteiger charge is -2.11. The minimum absolute atomic E-state index is 1.13. The Labute approximate surface area is 218 Å². The van der Waals surface area contributed by atoms with E-state index in [-0.39, 0.29) is 0 Å². The van der Waals surface area contributed by atoms with E-state index in [2.05, 4.69) is 154 Å². The van der Waals surface area contributed by atoms with Gasteiger partial charge in [0, 0.05) is 26.3 Å². The quantitative estimate of drug-likeness (QED) is 0.217. The molecule has 1 nitrogen and oxygen atoms in total. The van der Waals surface area contributed by atoms with Crippen LogP contribution in [0.2, 0.25) is 0 Å². The maximum atomic E-state index is 3.75. The van der Waals surface area contributed by atoms with Crippen LogP contribution in [0.5, 0.6) is 0 Å². The Morgan fingerprint density at radius 3 is 1.61 bits per heavy atom. The molecule has 0 spiro atoms. The van der Waals surface area contributed by atoms with Gasteiger partial charge in [-0.15, -0.1) is 0 Å². The van der Waals surface area contributed by atoms with Crippen LogP contribution in [0.1, 0.15) is 0 Å². The zero-order valence-corrected chi connectivity index (χ0v) is 21.1. The Hall–Kier alpha value is -4.14. The molecule has 2 heteroatoms. The molecule has 1 heterocycles. The fourth-order valence-corrected chi connectivity index (χ4v) is 5.98. The number of fused-ring (bicyclic) bond motifs is 4. The van der Waals surface area contributed by atoms with Crippen molar-refractivity contribution < 1.29 is 0 Å². The van der Waals surface area contributed by atoms with E-state index in [1.165, 1.54) is 60.5 Å². The van der Waals surface area contributed by atoms with Crippen molar-refractivity contribution in [3.8, 4) is 27.9 Å². The summed E-state index contributed by atoms with van der Waals surface area (Å²) in [7, 11) is 0. The molecule has 0 aliphatic heterocycles. The van der Waals surface area contributed by atoms with Crippen molar-refractivity contribution in [3.63, 3.8) is 0 Å². The number of nitrogens with zero attached hydrogens (tertiary/aromatic N) is 1. The lowest BCUT2D eigenvalue weighted by molar-refractivity contribution is 1.18. The molecule has 0 fully saturated rings. The average Bonchev–Trinajstić information content (AvgIpc) is 3.28. The van der Waals surface area contributed by atoms with E-state index in [4.69, 9.17) is 0 Å². The van der Waals surface area contributed by atoms with Crippen molar-refractivity contribution in [1.82, 2.24) is 4.57 Å². The van der Waals surface area contributed by atoms with E-state index in [0.29, 0.717) is 0 Å². The summed E-state index contributed by atoms with van der Waals surface area (Å²) >= 11 is 3.75. The highest BCUT2D eigenvalue weighted by molar-refractivity contribution is 9.10. The molecule has 7 aromatic rings. The second-order valence-corrected chi connectivity index (χ2v) is 9.99. The maximum absolute atomic E-state index is 3.75. The molecule has 7 rings (SSSR count). The van der Waals surface area contributed by atoms with Gasteiger partial charge in [-0.2, -0.15) is 0 Å². The molecule has 36 heavy (non-hydrogen) atoms. The Balaban J connectivity index is 1.27. The Morgan fingerprint density at radius 2 is 0.972 bits per heavy atom. The van der Waals surface area contributed by atoms with Gasteiger partial charge in [0.2, 0.25) is 0 Å². The highest BCUT2D eigenvalue weighted by Gasteiger charge is 2.12. The lowest BCUT2D eigenvalue weighted by Crippen LogP contribution is -1.93. The molecule has 0 aliphatic carbocycles. The van der Waals surface area contributed by atoms with Gasteiger partial charge in [-0.3, -0.25) is 0 Å². The molecule has 1 aromatic heterocycles. The third-order valence-corrected chi connectivity index (χ3v) is 7.75. The number of para-hydroxylation sites is 2. The first kappa shape index (κ1) is 21.2. The first-order valence-corrected chi connectivity index (χ1v) is 12.9. The van der Waals surface area contributed by atoms with Crippen molar-refractivity contribution in [1.29, 1.82) is 0 Å². The number of aromatic nitrogens is 1. The van der Waals surface area contributed by atoms with Crippen molar-refractivity contribution >= 4 is 48.5 Å². The highest BCUT2D eigenvalue weighted by Crippen LogP contribution is 2.36. The zero-order chi connectivity index (χ0) is 24.1. The summed E-state index contributed by atoms with van der Waals surface area (Å²) in [5, 5.41) is 5.07. The van der Waals surface area contributed by atoms with Crippen LogP contribution in [-0.4, -0.2) is 4.57 Å². The van der Waals surface area contributed by atoms with Crippen LogP contribution in [-0.2, 0) is 0 Å². The number of hydrogen-bond acceptors (Lipinski definition) is 0. The largest absolute Gasteiger partial charge is 0.309 e. The summed E-state index contributed by atoms with van der Waals surface area (Å²) in [6.07, 6.45) is 0. The highest BCUT2D eigenvalue weighted by atomic mass is 79.9. The summed E-state index contributed by atoms with van der Waals surface area (Å²) in [5.41, 5.74) is 8.53. The number of rotatable bonds is 3. The van der Waals surface area contributed by atoms with Crippen molar-refractivity contribution in [2.45, 2.75) is 0 Å². The van der Waals surface area contributed by atoms with Gasteiger partial charge < -0.3 is 4.57 Å². The average molecular weight is 524 g/mol. The van der Waals surface area contributed by atoms with Gasteiger partial charge in [0.1, 0.15) is 0 Å². The van der Waals surface area contributed by atoms with E-state index in [1.807, 2.05) is 0 Å². The third kappa shape index (κ3) is 3.37. The minimum Gasteiger partial charge on any atom is -0.309 e. The fourth-order valence-electron chi connectivity index (χ4n) is 5.38. The van der Waals surface area contributed by atoms with Gasteiger partial charge in [-0.25, -0.2) is 0 Å². The van der Waals surface area contributed by atoms with E-state index < -0.39 is 0 Å². The molecule has 6 aromatic carbocycles. The van der Waals surface area contributed by atoms with Gasteiger partial charge in [0.15, 0.2) is 0 Å². The summed E-state index contributed by atoms with van der Waals surface area (Å²) in [5.74, 6) is 0. The van der Waals surface area contributed by atoms with Crippen LogP contribution in [0.3, 0.4) is 0 Å². The predicted octanol–water partition coefficient (Wildman–Crippen LogP) is 10.0. The van der Waals surface area contributed by atoms with Gasteiger partial charge in [-0.1, -0.05) is 119 Å². The number of halogens is 1. The predicted molar refractivity (Wildman–Crippen MR) is 157 cm³/mol. The molecule has 0 atom stereocenters. The maximum Gasteiger partial charge on any atom is 0.0541 e. The molecule has 170 valence electrons. The molecule has 0 saturated heterocycles. The molecule has 0 bridgehead atoms. The van der Waals surface area contributed by atoms with Gasteiger partial charge in [-0.05, 0) is 58.0 Å². The fraction of sp³-hybridized carbons (Fsp3) is 0. The normalized spacial score (nSPS) is 11.5. The van der Waals surface area contributed by atoms with Crippen LogP contribution >= 0.6 is 15.9 Å². The molecular formula is C34H22BrN. The topological polar surface area (TPSA) is 4.93 Å². The molecule has 0 saturated carbocycles. The van der Waals surface area contributed by atoms with E-state index in [1.54, 1.807) is 0 Å². The molecule has 0 unspecified atom stereocenters. The smallest absolute Gasteiger partial charge is 0.0541 e. The van der Waals surface area contributed by atoms with Crippen LogP contribution < -0.4 is 0 Å². The van der Waals surface area contributed by atoms with Gasteiger partial charge >= 0.3 is 0 Å². The van der Waals surface area contributed by atoms with Crippen LogP contribution in [0.25, 0.3) is 60.5 Å². The van der Waals surface area contributed by atoms with E-state index in [9.17, 15) is 0 Å². The van der Waals surface area contributed by atoms with Crippen LogP contribution in [0.4, 0.5) is 0 Å². The van der Waals surface area contributed by atoms with E-state index >= 15 is 0 Å². The molecule has 0 amide bonds. The Bertz CT molecular complexity index is 1820. The summed E-state index contributed by atoms with van der Waals surface area (Å²) < 4.78 is 3.48.